The SMILES string of the molecule is COc1ccc(-c2nnc3sc(-c4c(C)nn(C)c4C)nn23)cc1OC. The Morgan fingerprint density at radius 3 is 2.42 bits per heavy atom. The van der Waals surface area contributed by atoms with Crippen LogP contribution in [0.25, 0.3) is 26.9 Å². The van der Waals surface area contributed by atoms with Crippen LogP contribution in [-0.2, 0) is 7.05 Å². The van der Waals surface area contributed by atoms with Gasteiger partial charge < -0.3 is 9.47 Å². The van der Waals surface area contributed by atoms with Gasteiger partial charge in [-0.05, 0) is 32.0 Å². The topological polar surface area (TPSA) is 79.4 Å². The summed E-state index contributed by atoms with van der Waals surface area (Å²) >= 11 is 1.49. The Kier molecular flexibility index (Phi) is 3.87. The summed E-state index contributed by atoms with van der Waals surface area (Å²) < 4.78 is 14.3. The minimum absolute atomic E-state index is 0.635. The molecule has 134 valence electrons. The van der Waals surface area contributed by atoms with Gasteiger partial charge in [0.15, 0.2) is 22.3 Å². The molecule has 0 saturated carbocycles. The fourth-order valence-electron chi connectivity index (χ4n) is 2.96. The first-order valence-electron chi connectivity index (χ1n) is 7.98. The maximum absolute atomic E-state index is 5.38. The number of rotatable bonds is 4. The van der Waals surface area contributed by atoms with Crippen molar-refractivity contribution in [2.45, 2.75) is 13.8 Å². The zero-order valence-electron chi connectivity index (χ0n) is 15.1. The summed E-state index contributed by atoms with van der Waals surface area (Å²) in [7, 11) is 5.15. The summed E-state index contributed by atoms with van der Waals surface area (Å²) in [5, 5.41) is 18.6. The van der Waals surface area contributed by atoms with E-state index in [0.29, 0.717) is 17.3 Å². The van der Waals surface area contributed by atoms with Crippen LogP contribution >= 0.6 is 11.3 Å². The molecule has 0 N–H and O–H groups in total. The second-order valence-corrected chi connectivity index (χ2v) is 6.82. The van der Waals surface area contributed by atoms with Gasteiger partial charge >= 0.3 is 0 Å². The van der Waals surface area contributed by atoms with E-state index in [4.69, 9.17) is 14.6 Å². The van der Waals surface area contributed by atoms with Crippen LogP contribution in [0.15, 0.2) is 18.2 Å². The van der Waals surface area contributed by atoms with Crippen molar-refractivity contribution in [3.8, 4) is 33.5 Å². The standard InChI is InChI=1S/C17H18N6O2S/c1-9-14(10(2)22(3)20-9)16-21-23-15(18-19-17(23)26-16)11-6-7-12(24-4)13(8-11)25-5/h6-8H,1-5H3. The molecule has 0 aliphatic rings. The minimum atomic E-state index is 0.635. The Hall–Kier alpha value is -2.94. The molecule has 0 saturated heterocycles. The van der Waals surface area contributed by atoms with E-state index < -0.39 is 0 Å². The van der Waals surface area contributed by atoms with Crippen molar-refractivity contribution >= 4 is 16.3 Å². The van der Waals surface area contributed by atoms with Crippen LogP contribution < -0.4 is 9.47 Å². The molecule has 3 heterocycles. The molecule has 0 fully saturated rings. The molecule has 1 aromatic carbocycles. The lowest BCUT2D eigenvalue weighted by molar-refractivity contribution is 0.355. The molecule has 0 amide bonds. The zero-order chi connectivity index (χ0) is 18.4. The molecule has 0 spiro atoms. The highest BCUT2D eigenvalue weighted by Gasteiger charge is 2.20. The van der Waals surface area contributed by atoms with E-state index in [2.05, 4.69) is 15.3 Å². The average Bonchev–Trinajstić information content (AvgIpc) is 3.27. The van der Waals surface area contributed by atoms with E-state index in [1.165, 1.54) is 11.3 Å². The summed E-state index contributed by atoms with van der Waals surface area (Å²) in [6, 6.07) is 5.63. The third-order valence-corrected chi connectivity index (χ3v) is 5.27. The van der Waals surface area contributed by atoms with Crippen LogP contribution in [0.3, 0.4) is 0 Å². The number of hydrogen-bond acceptors (Lipinski definition) is 7. The first kappa shape index (κ1) is 16.5. The van der Waals surface area contributed by atoms with E-state index in [-0.39, 0.29) is 0 Å². The van der Waals surface area contributed by atoms with E-state index in [1.54, 1.807) is 18.7 Å². The molecule has 4 aromatic rings. The van der Waals surface area contributed by atoms with Crippen molar-refractivity contribution in [3.63, 3.8) is 0 Å². The van der Waals surface area contributed by atoms with Gasteiger partial charge in [0.25, 0.3) is 0 Å². The van der Waals surface area contributed by atoms with E-state index in [0.717, 1.165) is 32.5 Å². The van der Waals surface area contributed by atoms with Crippen LogP contribution in [0.5, 0.6) is 11.5 Å². The lowest BCUT2D eigenvalue weighted by atomic mass is 10.2. The minimum Gasteiger partial charge on any atom is -0.493 e. The second kappa shape index (κ2) is 6.10. The van der Waals surface area contributed by atoms with Crippen molar-refractivity contribution in [1.29, 1.82) is 0 Å². The fraction of sp³-hybridized carbons (Fsp3) is 0.294. The molecule has 8 nitrogen and oxygen atoms in total. The number of fused-ring (bicyclic) bond motifs is 1. The first-order valence-corrected chi connectivity index (χ1v) is 8.80. The molecule has 0 aliphatic carbocycles. The fourth-order valence-corrected chi connectivity index (χ4v) is 3.94. The third-order valence-electron chi connectivity index (χ3n) is 4.36. The quantitative estimate of drug-likeness (QED) is 0.550. The van der Waals surface area contributed by atoms with E-state index in [1.807, 2.05) is 43.8 Å². The van der Waals surface area contributed by atoms with Gasteiger partial charge in [-0.3, -0.25) is 4.68 Å². The Morgan fingerprint density at radius 2 is 1.77 bits per heavy atom. The Morgan fingerprint density at radius 1 is 1.00 bits per heavy atom. The molecule has 26 heavy (non-hydrogen) atoms. The molecule has 0 atom stereocenters. The van der Waals surface area contributed by atoms with Gasteiger partial charge in [-0.2, -0.15) is 14.7 Å². The number of methoxy groups -OCH3 is 2. The predicted octanol–water partition coefficient (Wildman–Crippen LogP) is 2.89. The number of aromatic nitrogens is 6. The maximum atomic E-state index is 5.38. The van der Waals surface area contributed by atoms with Crippen molar-refractivity contribution < 1.29 is 9.47 Å². The predicted molar refractivity (Wildman–Crippen MR) is 98.9 cm³/mol. The largest absolute Gasteiger partial charge is 0.493 e. The van der Waals surface area contributed by atoms with Gasteiger partial charge in [-0.25, -0.2) is 0 Å². The summed E-state index contributed by atoms with van der Waals surface area (Å²) in [5.74, 6) is 1.95. The smallest absolute Gasteiger partial charge is 0.235 e. The molecule has 9 heteroatoms. The summed E-state index contributed by atoms with van der Waals surface area (Å²) in [6.07, 6.45) is 0. The van der Waals surface area contributed by atoms with Crippen LogP contribution in [0, 0.1) is 13.8 Å². The lowest BCUT2D eigenvalue weighted by Gasteiger charge is -2.08. The number of hydrogen-bond donors (Lipinski definition) is 0. The monoisotopic (exact) mass is 370 g/mol. The van der Waals surface area contributed by atoms with Crippen molar-refractivity contribution in [3.05, 3.63) is 29.6 Å². The number of aryl methyl sites for hydroxylation is 2. The van der Waals surface area contributed by atoms with Gasteiger partial charge in [0.1, 0.15) is 0 Å². The second-order valence-electron chi connectivity index (χ2n) is 5.86. The van der Waals surface area contributed by atoms with Crippen molar-refractivity contribution in [1.82, 2.24) is 29.6 Å². The third kappa shape index (κ3) is 2.43. The Bertz CT molecular complexity index is 1110. The molecular formula is C17H18N6O2S. The van der Waals surface area contributed by atoms with E-state index >= 15 is 0 Å². The molecule has 3 aromatic heterocycles. The number of ether oxygens (including phenoxy) is 2. The van der Waals surface area contributed by atoms with Gasteiger partial charge in [0.2, 0.25) is 4.96 Å². The van der Waals surface area contributed by atoms with Gasteiger partial charge in [0.05, 0.1) is 25.5 Å². The van der Waals surface area contributed by atoms with Crippen LogP contribution in [0.2, 0.25) is 0 Å². The molecule has 4 rings (SSSR count). The molecule has 0 radical (unpaired) electrons. The summed E-state index contributed by atoms with van der Waals surface area (Å²) in [4.78, 5) is 0.729. The van der Waals surface area contributed by atoms with Gasteiger partial charge in [-0.15, -0.1) is 10.2 Å². The summed E-state index contributed by atoms with van der Waals surface area (Å²) in [6.45, 7) is 4.02. The molecule has 0 unspecified atom stereocenters. The molecular weight excluding hydrogens is 352 g/mol. The molecule has 0 bridgehead atoms. The van der Waals surface area contributed by atoms with Crippen LogP contribution in [-0.4, -0.2) is 43.8 Å². The Balaban J connectivity index is 1.85. The molecule has 0 aliphatic heterocycles. The van der Waals surface area contributed by atoms with Crippen LogP contribution in [0.1, 0.15) is 11.4 Å². The van der Waals surface area contributed by atoms with E-state index in [9.17, 15) is 0 Å². The van der Waals surface area contributed by atoms with Crippen molar-refractivity contribution in [2.75, 3.05) is 14.2 Å². The highest BCUT2D eigenvalue weighted by atomic mass is 32.1. The maximum Gasteiger partial charge on any atom is 0.235 e. The number of benzene rings is 1. The van der Waals surface area contributed by atoms with Crippen LogP contribution in [0.4, 0.5) is 0 Å². The average molecular weight is 370 g/mol. The normalized spacial score (nSPS) is 11.3. The highest BCUT2D eigenvalue weighted by molar-refractivity contribution is 7.19. The van der Waals surface area contributed by atoms with Gasteiger partial charge in [-0.1, -0.05) is 11.3 Å². The number of nitrogens with zero attached hydrogens (tertiary/aromatic N) is 6. The first-order chi connectivity index (χ1) is 12.5. The lowest BCUT2D eigenvalue weighted by Crippen LogP contribution is -1.95. The van der Waals surface area contributed by atoms with Gasteiger partial charge in [0, 0.05) is 18.3 Å². The summed E-state index contributed by atoms with van der Waals surface area (Å²) in [5.41, 5.74) is 3.91. The Labute approximate surface area is 154 Å². The zero-order valence-corrected chi connectivity index (χ0v) is 16.0. The highest BCUT2D eigenvalue weighted by Crippen LogP contribution is 2.34. The van der Waals surface area contributed by atoms with Crippen molar-refractivity contribution in [2.24, 2.45) is 7.05 Å².